The van der Waals surface area contributed by atoms with E-state index in [0.717, 1.165) is 23.4 Å². The first-order valence-corrected chi connectivity index (χ1v) is 12.8. The van der Waals surface area contributed by atoms with Crippen molar-refractivity contribution in [1.29, 1.82) is 0 Å². The number of halogens is 2. The average Bonchev–Trinajstić information content (AvgIpc) is 3.33. The molecule has 0 saturated carbocycles. The number of rotatable bonds is 8. The third-order valence-corrected chi connectivity index (χ3v) is 7.18. The molecule has 0 radical (unpaired) electrons. The summed E-state index contributed by atoms with van der Waals surface area (Å²) in [6.07, 6.45) is 2.72. The maximum absolute atomic E-state index is 14.7. The second-order valence-electron chi connectivity index (χ2n) is 9.27. The van der Waals surface area contributed by atoms with E-state index in [1.807, 2.05) is 42.5 Å². The third kappa shape index (κ3) is 5.84. The second-order valence-corrected chi connectivity index (χ2v) is 9.68. The predicted molar refractivity (Wildman–Crippen MR) is 142 cm³/mol. The minimum atomic E-state index is -0.321. The van der Waals surface area contributed by atoms with Crippen LogP contribution >= 0.6 is 11.6 Å². The van der Waals surface area contributed by atoms with Crippen molar-refractivity contribution in [3.05, 3.63) is 94.3 Å². The molecule has 1 amide bonds. The van der Waals surface area contributed by atoms with Crippen molar-refractivity contribution in [2.24, 2.45) is 4.99 Å². The Kier molecular flexibility index (Phi) is 7.75. The predicted octanol–water partition coefficient (Wildman–Crippen LogP) is 5.67. The Hall–Kier alpha value is -3.06. The van der Waals surface area contributed by atoms with Crippen molar-refractivity contribution in [3.8, 4) is 0 Å². The second kappa shape index (κ2) is 11.3. The van der Waals surface area contributed by atoms with Crippen molar-refractivity contribution >= 4 is 34.6 Å². The number of aliphatic imine (C=N–C) groups is 1. The normalized spacial score (nSPS) is 19.0. The molecule has 2 aliphatic heterocycles. The molecule has 36 heavy (non-hydrogen) atoms. The summed E-state index contributed by atoms with van der Waals surface area (Å²) in [5, 5.41) is 7.08. The fourth-order valence-corrected chi connectivity index (χ4v) is 5.01. The summed E-state index contributed by atoms with van der Waals surface area (Å²) in [5.41, 5.74) is 5.32. The molecule has 1 saturated heterocycles. The number of amides is 1. The SMILES string of the molecule is O=C(CCc1ccccc1Cl)Nc1cccc(F)c1CC[C@@H]1CN[C@H](C2=Nc3ccccc3C2)CO1. The van der Waals surface area contributed by atoms with Gasteiger partial charge in [-0.3, -0.25) is 9.79 Å². The number of hydrogen-bond donors (Lipinski definition) is 2. The van der Waals surface area contributed by atoms with Crippen LogP contribution in [0, 0.1) is 5.82 Å². The topological polar surface area (TPSA) is 62.7 Å². The van der Waals surface area contributed by atoms with Crippen LogP contribution in [-0.2, 0) is 28.8 Å². The molecule has 0 aromatic heterocycles. The van der Waals surface area contributed by atoms with Gasteiger partial charge in [-0.05, 0) is 54.7 Å². The highest BCUT2D eigenvalue weighted by Gasteiger charge is 2.28. The van der Waals surface area contributed by atoms with Gasteiger partial charge in [0.1, 0.15) is 5.82 Å². The number of carbonyl (C=O) groups is 1. The molecule has 3 aromatic rings. The number of para-hydroxylation sites is 1. The Balaban J connectivity index is 1.13. The van der Waals surface area contributed by atoms with E-state index in [1.54, 1.807) is 12.1 Å². The lowest BCUT2D eigenvalue weighted by atomic mass is 10.0. The molecule has 2 N–H and O–H groups in total. The number of morpholine rings is 1. The number of carbonyl (C=O) groups excluding carboxylic acids is 1. The number of hydrogen-bond acceptors (Lipinski definition) is 4. The van der Waals surface area contributed by atoms with Crippen molar-refractivity contribution < 1.29 is 13.9 Å². The quantitative estimate of drug-likeness (QED) is 0.414. The van der Waals surface area contributed by atoms with E-state index < -0.39 is 0 Å². The maximum Gasteiger partial charge on any atom is 0.224 e. The molecule has 0 unspecified atom stereocenters. The van der Waals surface area contributed by atoms with Crippen LogP contribution in [0.1, 0.15) is 29.5 Å². The summed E-state index contributed by atoms with van der Waals surface area (Å²) in [6.45, 7) is 1.22. The summed E-state index contributed by atoms with van der Waals surface area (Å²) in [6, 6.07) is 20.6. The number of anilines is 1. The average molecular weight is 506 g/mol. The first-order chi connectivity index (χ1) is 17.6. The zero-order chi connectivity index (χ0) is 24.9. The largest absolute Gasteiger partial charge is 0.375 e. The third-order valence-electron chi connectivity index (χ3n) is 6.81. The summed E-state index contributed by atoms with van der Waals surface area (Å²) in [5.74, 6) is -0.489. The van der Waals surface area contributed by atoms with Crippen LogP contribution in [0.4, 0.5) is 15.8 Å². The molecule has 0 spiro atoms. The standard InChI is InChI=1S/C29H29ClFN3O2/c30-23-8-3-1-6-19(23)12-15-29(35)34-26-11-5-9-24(31)22(26)14-13-21-17-32-28(18-36-21)27-16-20-7-2-4-10-25(20)33-27/h1-11,21,28,32H,12-18H2,(H,34,35)/t21-,28+/m1/s1. The Bertz CT molecular complexity index is 1270. The summed E-state index contributed by atoms with van der Waals surface area (Å²) in [7, 11) is 0. The number of fused-ring (bicyclic) bond motifs is 1. The lowest BCUT2D eigenvalue weighted by Crippen LogP contribution is -2.50. The van der Waals surface area contributed by atoms with Gasteiger partial charge in [0.15, 0.2) is 0 Å². The molecular formula is C29H29ClFN3O2. The first kappa shape index (κ1) is 24.6. The van der Waals surface area contributed by atoms with Crippen molar-refractivity contribution in [1.82, 2.24) is 5.32 Å². The van der Waals surface area contributed by atoms with Crippen LogP contribution in [-0.4, -0.2) is 36.9 Å². The Morgan fingerprint density at radius 2 is 1.92 bits per heavy atom. The van der Waals surface area contributed by atoms with Gasteiger partial charge in [0.05, 0.1) is 24.4 Å². The van der Waals surface area contributed by atoms with E-state index in [4.69, 9.17) is 21.3 Å². The Morgan fingerprint density at radius 3 is 2.72 bits per heavy atom. The number of nitrogens with zero attached hydrogens (tertiary/aromatic N) is 1. The number of aryl methyl sites for hydroxylation is 1. The lowest BCUT2D eigenvalue weighted by Gasteiger charge is -2.30. The van der Waals surface area contributed by atoms with Gasteiger partial charge in [0.25, 0.3) is 0 Å². The van der Waals surface area contributed by atoms with Crippen LogP contribution in [0.3, 0.4) is 0 Å². The summed E-state index contributed by atoms with van der Waals surface area (Å²) in [4.78, 5) is 17.3. The number of nitrogens with one attached hydrogen (secondary N) is 2. The van der Waals surface area contributed by atoms with Crippen molar-refractivity contribution in [2.75, 3.05) is 18.5 Å². The van der Waals surface area contributed by atoms with Crippen LogP contribution in [0.5, 0.6) is 0 Å². The lowest BCUT2D eigenvalue weighted by molar-refractivity contribution is -0.116. The zero-order valence-corrected chi connectivity index (χ0v) is 20.7. The fourth-order valence-electron chi connectivity index (χ4n) is 4.78. The molecule has 0 aliphatic carbocycles. The molecule has 2 heterocycles. The molecule has 2 aliphatic rings. The Morgan fingerprint density at radius 1 is 1.08 bits per heavy atom. The minimum absolute atomic E-state index is 0.0333. The van der Waals surface area contributed by atoms with E-state index in [9.17, 15) is 9.18 Å². The molecule has 5 rings (SSSR count). The van der Waals surface area contributed by atoms with Gasteiger partial charge in [0, 0.05) is 41.4 Å². The van der Waals surface area contributed by atoms with E-state index >= 15 is 0 Å². The molecular weight excluding hydrogens is 477 g/mol. The monoisotopic (exact) mass is 505 g/mol. The van der Waals surface area contributed by atoms with E-state index in [2.05, 4.69) is 16.7 Å². The zero-order valence-electron chi connectivity index (χ0n) is 20.0. The van der Waals surface area contributed by atoms with Crippen molar-refractivity contribution in [3.63, 3.8) is 0 Å². The van der Waals surface area contributed by atoms with Crippen LogP contribution in [0.2, 0.25) is 5.02 Å². The van der Waals surface area contributed by atoms with Crippen LogP contribution in [0.15, 0.2) is 71.7 Å². The molecule has 2 atom stereocenters. The number of benzene rings is 3. The Labute approximate surface area is 215 Å². The fraction of sp³-hybridized carbons (Fsp3) is 0.310. The van der Waals surface area contributed by atoms with E-state index in [1.165, 1.54) is 11.6 Å². The van der Waals surface area contributed by atoms with Crippen molar-refractivity contribution in [2.45, 2.75) is 44.2 Å². The highest BCUT2D eigenvalue weighted by molar-refractivity contribution is 6.31. The first-order valence-electron chi connectivity index (χ1n) is 12.4. The molecule has 0 bridgehead atoms. The van der Waals surface area contributed by atoms with Gasteiger partial charge in [-0.25, -0.2) is 4.39 Å². The van der Waals surface area contributed by atoms with Gasteiger partial charge in [-0.2, -0.15) is 0 Å². The smallest absolute Gasteiger partial charge is 0.224 e. The highest BCUT2D eigenvalue weighted by Crippen LogP contribution is 2.28. The van der Waals surface area contributed by atoms with Crippen LogP contribution in [0.25, 0.3) is 0 Å². The van der Waals surface area contributed by atoms with Gasteiger partial charge in [-0.15, -0.1) is 0 Å². The van der Waals surface area contributed by atoms with E-state index in [-0.39, 0.29) is 30.3 Å². The van der Waals surface area contributed by atoms with Gasteiger partial charge in [0.2, 0.25) is 5.91 Å². The van der Waals surface area contributed by atoms with Gasteiger partial charge in [-0.1, -0.05) is 54.1 Å². The maximum atomic E-state index is 14.7. The molecule has 1 fully saturated rings. The van der Waals surface area contributed by atoms with E-state index in [0.29, 0.717) is 48.7 Å². The minimum Gasteiger partial charge on any atom is -0.375 e. The highest BCUT2D eigenvalue weighted by atomic mass is 35.5. The molecule has 5 nitrogen and oxygen atoms in total. The molecule has 3 aromatic carbocycles. The van der Waals surface area contributed by atoms with Gasteiger partial charge >= 0.3 is 0 Å². The van der Waals surface area contributed by atoms with Crippen LogP contribution < -0.4 is 10.6 Å². The summed E-state index contributed by atoms with van der Waals surface area (Å²) < 4.78 is 20.8. The molecule has 7 heteroatoms. The van der Waals surface area contributed by atoms with Gasteiger partial charge < -0.3 is 15.4 Å². The molecule has 186 valence electrons. The summed E-state index contributed by atoms with van der Waals surface area (Å²) >= 11 is 6.19. The number of ether oxygens (including phenoxy) is 1.